The third kappa shape index (κ3) is 4.96. The Balaban J connectivity index is 1.36. The zero-order chi connectivity index (χ0) is 22.7. The molecule has 1 aliphatic heterocycles. The van der Waals surface area contributed by atoms with Crippen LogP contribution in [0.1, 0.15) is 31.7 Å². The Kier molecular flexibility index (Phi) is 6.20. The van der Waals surface area contributed by atoms with E-state index < -0.39 is 5.92 Å². The number of carbonyl (C=O) groups excluding carboxylic acids is 2. The second-order valence-electron chi connectivity index (χ2n) is 8.12. The van der Waals surface area contributed by atoms with Gasteiger partial charge in [-0.1, -0.05) is 29.4 Å². The summed E-state index contributed by atoms with van der Waals surface area (Å²) in [5.41, 5.74) is 2.44. The summed E-state index contributed by atoms with van der Waals surface area (Å²) in [5.74, 6) is 1.12. The van der Waals surface area contributed by atoms with Crippen LogP contribution in [0.15, 0.2) is 53.1 Å². The van der Waals surface area contributed by atoms with Gasteiger partial charge in [0.25, 0.3) is 0 Å². The fraction of sp³-hybridized carbons (Fsp3) is 0.333. The van der Waals surface area contributed by atoms with Crippen LogP contribution in [0.25, 0.3) is 11.4 Å². The molecular weight excluding hydrogens is 408 g/mol. The van der Waals surface area contributed by atoms with Crippen molar-refractivity contribution in [3.8, 4) is 17.1 Å². The van der Waals surface area contributed by atoms with Gasteiger partial charge >= 0.3 is 0 Å². The van der Waals surface area contributed by atoms with E-state index in [0.717, 1.165) is 16.9 Å². The average Bonchev–Trinajstić information content (AvgIpc) is 3.38. The first-order chi connectivity index (χ1) is 15.4. The van der Waals surface area contributed by atoms with Crippen LogP contribution in [0.5, 0.6) is 5.75 Å². The van der Waals surface area contributed by atoms with Gasteiger partial charge in [0.1, 0.15) is 5.75 Å². The monoisotopic (exact) mass is 434 g/mol. The van der Waals surface area contributed by atoms with Crippen LogP contribution in [0, 0.1) is 12.8 Å². The Labute approximate surface area is 186 Å². The molecule has 32 heavy (non-hydrogen) atoms. The molecule has 166 valence electrons. The third-order valence-electron chi connectivity index (χ3n) is 5.20. The molecule has 1 aromatic heterocycles. The van der Waals surface area contributed by atoms with Crippen molar-refractivity contribution in [1.29, 1.82) is 0 Å². The van der Waals surface area contributed by atoms with Gasteiger partial charge in [0, 0.05) is 37.7 Å². The van der Waals surface area contributed by atoms with Crippen molar-refractivity contribution in [2.75, 3.05) is 11.4 Å². The number of amides is 2. The lowest BCUT2D eigenvalue weighted by molar-refractivity contribution is -0.126. The van der Waals surface area contributed by atoms with Crippen LogP contribution in [0.3, 0.4) is 0 Å². The number of hydrogen-bond acceptors (Lipinski definition) is 6. The maximum atomic E-state index is 12.7. The minimum atomic E-state index is -0.401. The molecule has 1 atom stereocenters. The summed E-state index contributed by atoms with van der Waals surface area (Å²) >= 11 is 0. The minimum absolute atomic E-state index is 0.0817. The van der Waals surface area contributed by atoms with Gasteiger partial charge in [-0.25, -0.2) is 0 Å². The second-order valence-corrected chi connectivity index (χ2v) is 8.12. The van der Waals surface area contributed by atoms with E-state index in [2.05, 4.69) is 15.5 Å². The molecule has 1 saturated heterocycles. The Morgan fingerprint density at radius 2 is 2.03 bits per heavy atom. The topological polar surface area (TPSA) is 97.6 Å². The maximum Gasteiger partial charge on any atom is 0.227 e. The number of aryl methyl sites for hydroxylation is 1. The summed E-state index contributed by atoms with van der Waals surface area (Å²) in [6, 6.07) is 15.0. The van der Waals surface area contributed by atoms with Crippen molar-refractivity contribution in [2.45, 2.75) is 39.8 Å². The molecule has 4 rings (SSSR count). The normalized spacial score (nSPS) is 15.9. The van der Waals surface area contributed by atoms with Crippen molar-refractivity contribution in [1.82, 2.24) is 15.5 Å². The quantitative estimate of drug-likeness (QED) is 0.611. The van der Waals surface area contributed by atoms with Crippen LogP contribution in [-0.2, 0) is 16.1 Å². The first-order valence-electron chi connectivity index (χ1n) is 10.6. The van der Waals surface area contributed by atoms with Crippen molar-refractivity contribution < 1.29 is 18.8 Å². The van der Waals surface area contributed by atoms with Crippen molar-refractivity contribution >= 4 is 17.5 Å². The highest BCUT2D eigenvalue weighted by atomic mass is 16.5. The van der Waals surface area contributed by atoms with Gasteiger partial charge in [0.05, 0.1) is 12.0 Å². The molecule has 3 aromatic rings. The fourth-order valence-corrected chi connectivity index (χ4v) is 3.65. The smallest absolute Gasteiger partial charge is 0.227 e. The van der Waals surface area contributed by atoms with E-state index in [1.165, 1.54) is 0 Å². The molecule has 0 bridgehead atoms. The van der Waals surface area contributed by atoms with Gasteiger partial charge < -0.3 is 19.5 Å². The summed E-state index contributed by atoms with van der Waals surface area (Å²) in [7, 11) is 0. The molecule has 8 nitrogen and oxygen atoms in total. The highest BCUT2D eigenvalue weighted by molar-refractivity contribution is 6.00. The molecule has 8 heteroatoms. The lowest BCUT2D eigenvalue weighted by atomic mass is 10.1. The number of anilines is 1. The van der Waals surface area contributed by atoms with Crippen molar-refractivity contribution in [2.24, 2.45) is 5.92 Å². The van der Waals surface area contributed by atoms with Crippen LogP contribution in [-0.4, -0.2) is 34.6 Å². The summed E-state index contributed by atoms with van der Waals surface area (Å²) in [5, 5.41) is 6.87. The standard InChI is InChI=1S/C24H26N4O4/c1-15(2)31-21-9-7-17(8-10-21)13-25-24(30)19-12-22(29)28(14-19)20-6-4-5-18(11-20)23-26-16(3)32-27-23/h4-11,15,19H,12-14H2,1-3H3,(H,25,30)/t19-/m1/s1. The SMILES string of the molecule is Cc1nc(-c2cccc(N3C[C@H](C(=O)NCc4ccc(OC(C)C)cc4)CC3=O)c2)no1. The Hall–Kier alpha value is -3.68. The lowest BCUT2D eigenvalue weighted by Crippen LogP contribution is -2.32. The maximum absolute atomic E-state index is 12.7. The van der Waals surface area contributed by atoms with E-state index in [1.807, 2.05) is 62.4 Å². The second kappa shape index (κ2) is 9.21. The molecule has 0 spiro atoms. The van der Waals surface area contributed by atoms with Gasteiger partial charge in [-0.15, -0.1) is 0 Å². The summed E-state index contributed by atoms with van der Waals surface area (Å²) in [6.45, 7) is 6.41. The van der Waals surface area contributed by atoms with Crippen LogP contribution < -0.4 is 15.0 Å². The van der Waals surface area contributed by atoms with Crippen molar-refractivity contribution in [3.05, 3.63) is 60.0 Å². The summed E-state index contributed by atoms with van der Waals surface area (Å²) in [6.07, 6.45) is 0.291. The number of benzene rings is 2. The van der Waals surface area contributed by atoms with Crippen LogP contribution in [0.4, 0.5) is 5.69 Å². The third-order valence-corrected chi connectivity index (χ3v) is 5.20. The van der Waals surface area contributed by atoms with Gasteiger partial charge in [-0.3, -0.25) is 9.59 Å². The van der Waals surface area contributed by atoms with E-state index in [0.29, 0.717) is 30.5 Å². The molecule has 2 amide bonds. The zero-order valence-electron chi connectivity index (χ0n) is 18.4. The Morgan fingerprint density at radius 3 is 2.72 bits per heavy atom. The van der Waals surface area contributed by atoms with Gasteiger partial charge in [0.2, 0.25) is 23.5 Å². The predicted octanol–water partition coefficient (Wildman–Crippen LogP) is 3.50. The molecule has 1 fully saturated rings. The molecule has 2 heterocycles. The molecule has 0 unspecified atom stereocenters. The molecule has 0 radical (unpaired) electrons. The van der Waals surface area contributed by atoms with Crippen molar-refractivity contribution in [3.63, 3.8) is 0 Å². The number of aromatic nitrogens is 2. The van der Waals surface area contributed by atoms with E-state index in [9.17, 15) is 9.59 Å². The summed E-state index contributed by atoms with van der Waals surface area (Å²) < 4.78 is 10.7. The first kappa shape index (κ1) is 21.5. The van der Waals surface area contributed by atoms with Crippen LogP contribution >= 0.6 is 0 Å². The Morgan fingerprint density at radius 1 is 1.25 bits per heavy atom. The van der Waals surface area contributed by atoms with E-state index >= 15 is 0 Å². The molecule has 0 saturated carbocycles. The van der Waals surface area contributed by atoms with E-state index in [1.54, 1.807) is 11.8 Å². The number of carbonyl (C=O) groups is 2. The molecule has 0 aliphatic carbocycles. The fourth-order valence-electron chi connectivity index (χ4n) is 3.65. The van der Waals surface area contributed by atoms with Gasteiger partial charge in [-0.2, -0.15) is 4.98 Å². The first-order valence-corrected chi connectivity index (χ1v) is 10.6. The van der Waals surface area contributed by atoms with Gasteiger partial charge in [-0.05, 0) is 43.7 Å². The summed E-state index contributed by atoms with van der Waals surface area (Å²) in [4.78, 5) is 31.2. The van der Waals surface area contributed by atoms with E-state index in [4.69, 9.17) is 9.26 Å². The Bertz CT molecular complexity index is 1110. The van der Waals surface area contributed by atoms with Crippen LogP contribution in [0.2, 0.25) is 0 Å². The molecule has 2 aromatic carbocycles. The average molecular weight is 434 g/mol. The number of nitrogens with one attached hydrogen (secondary N) is 1. The minimum Gasteiger partial charge on any atom is -0.491 e. The predicted molar refractivity (Wildman–Crippen MR) is 119 cm³/mol. The molecular formula is C24H26N4O4. The number of ether oxygens (including phenoxy) is 1. The zero-order valence-corrected chi connectivity index (χ0v) is 18.4. The van der Waals surface area contributed by atoms with E-state index in [-0.39, 0.29) is 24.3 Å². The largest absolute Gasteiger partial charge is 0.491 e. The van der Waals surface area contributed by atoms with Gasteiger partial charge in [0.15, 0.2) is 0 Å². The number of nitrogens with zero attached hydrogens (tertiary/aromatic N) is 3. The number of rotatable bonds is 7. The highest BCUT2D eigenvalue weighted by Crippen LogP contribution is 2.28. The molecule has 1 N–H and O–H groups in total. The molecule has 1 aliphatic rings. The lowest BCUT2D eigenvalue weighted by Gasteiger charge is -2.17. The highest BCUT2D eigenvalue weighted by Gasteiger charge is 2.35. The number of hydrogen-bond donors (Lipinski definition) is 1.